The molecule has 0 bridgehead atoms. The fourth-order valence-corrected chi connectivity index (χ4v) is 2.24. The van der Waals surface area contributed by atoms with Gasteiger partial charge in [-0.15, -0.1) is 0 Å². The van der Waals surface area contributed by atoms with E-state index in [1.54, 1.807) is 14.0 Å². The van der Waals surface area contributed by atoms with Crippen LogP contribution in [0.15, 0.2) is 4.79 Å². The zero-order valence-corrected chi connectivity index (χ0v) is 13.5. The summed E-state index contributed by atoms with van der Waals surface area (Å²) in [6.45, 7) is 8.53. The van der Waals surface area contributed by atoms with Crippen molar-refractivity contribution in [2.45, 2.75) is 39.7 Å². The van der Waals surface area contributed by atoms with Gasteiger partial charge in [-0.3, -0.25) is 4.79 Å². The summed E-state index contributed by atoms with van der Waals surface area (Å²) in [5.41, 5.74) is 1.46. The predicted molar refractivity (Wildman–Crippen MR) is 82.7 cm³/mol. The zero-order chi connectivity index (χ0) is 15.7. The first-order valence-electron chi connectivity index (χ1n) is 7.43. The molecule has 1 aromatic rings. The van der Waals surface area contributed by atoms with Crippen LogP contribution >= 0.6 is 0 Å². The van der Waals surface area contributed by atoms with Crippen LogP contribution in [-0.2, 0) is 9.47 Å². The lowest BCUT2D eigenvalue weighted by Gasteiger charge is -2.15. The Morgan fingerprint density at radius 3 is 2.67 bits per heavy atom. The maximum absolute atomic E-state index is 12.0. The van der Waals surface area contributed by atoms with E-state index in [1.165, 1.54) is 0 Å². The molecule has 0 radical (unpaired) electrons. The number of H-pyrrole nitrogens is 1. The first-order valence-corrected chi connectivity index (χ1v) is 7.43. The van der Waals surface area contributed by atoms with Crippen LogP contribution < -0.4 is 10.9 Å². The Hall–Kier alpha value is -1.24. The average Bonchev–Trinajstić information content (AvgIpc) is 2.40. The van der Waals surface area contributed by atoms with Gasteiger partial charge in [0.1, 0.15) is 5.82 Å². The molecule has 21 heavy (non-hydrogen) atoms. The van der Waals surface area contributed by atoms with Crippen LogP contribution in [0.2, 0.25) is 0 Å². The Balaban J connectivity index is 2.28. The Morgan fingerprint density at radius 1 is 1.24 bits per heavy atom. The summed E-state index contributed by atoms with van der Waals surface area (Å²) >= 11 is 0. The van der Waals surface area contributed by atoms with Gasteiger partial charge in [-0.25, -0.2) is 4.98 Å². The van der Waals surface area contributed by atoms with Crippen molar-refractivity contribution in [3.63, 3.8) is 0 Å². The van der Waals surface area contributed by atoms with Crippen molar-refractivity contribution >= 4 is 0 Å². The van der Waals surface area contributed by atoms with Crippen LogP contribution in [0.4, 0.5) is 0 Å². The van der Waals surface area contributed by atoms with Gasteiger partial charge in [-0.05, 0) is 40.2 Å². The minimum atomic E-state index is -0.0529. The number of methoxy groups -OCH3 is 1. The molecule has 0 aliphatic heterocycles. The van der Waals surface area contributed by atoms with Crippen LogP contribution in [-0.4, -0.2) is 43.4 Å². The van der Waals surface area contributed by atoms with E-state index in [2.05, 4.69) is 15.3 Å². The van der Waals surface area contributed by atoms with Gasteiger partial charge in [0.05, 0.1) is 18.8 Å². The van der Waals surface area contributed by atoms with Gasteiger partial charge in [0.25, 0.3) is 5.56 Å². The van der Waals surface area contributed by atoms with Gasteiger partial charge in [-0.2, -0.15) is 0 Å². The van der Waals surface area contributed by atoms with Crippen molar-refractivity contribution in [3.05, 3.63) is 27.4 Å². The fraction of sp³-hybridized carbons (Fsp3) is 0.733. The lowest BCUT2D eigenvalue weighted by atomic mass is 10.1. The van der Waals surface area contributed by atoms with Crippen molar-refractivity contribution in [2.24, 2.45) is 0 Å². The highest BCUT2D eigenvalue weighted by Crippen LogP contribution is 2.10. The lowest BCUT2D eigenvalue weighted by Crippen LogP contribution is -2.28. The van der Waals surface area contributed by atoms with Gasteiger partial charge >= 0.3 is 0 Å². The molecule has 0 saturated heterocycles. The second-order valence-electron chi connectivity index (χ2n) is 5.14. The van der Waals surface area contributed by atoms with E-state index in [0.29, 0.717) is 19.0 Å². The smallest absolute Gasteiger partial charge is 0.255 e. The summed E-state index contributed by atoms with van der Waals surface area (Å²) in [6.07, 6.45) is 2.00. The van der Waals surface area contributed by atoms with Crippen molar-refractivity contribution in [1.29, 1.82) is 0 Å². The van der Waals surface area contributed by atoms with Gasteiger partial charge in [-0.1, -0.05) is 0 Å². The molecule has 6 heteroatoms. The molecule has 0 amide bonds. The highest BCUT2D eigenvalue weighted by molar-refractivity contribution is 5.19. The Morgan fingerprint density at radius 2 is 2.00 bits per heavy atom. The normalized spacial score (nSPS) is 12.6. The average molecular weight is 297 g/mol. The standard InChI is InChI=1S/C15H27N3O3/c1-11(14-12(2)17-13(3)18-15(14)19)16-7-5-6-8-21-10-9-20-4/h11,16H,5-10H2,1-4H3,(H,17,18,19). The summed E-state index contributed by atoms with van der Waals surface area (Å²) < 4.78 is 10.3. The molecule has 0 spiro atoms. The van der Waals surface area contributed by atoms with E-state index >= 15 is 0 Å². The molecule has 0 fully saturated rings. The molecular weight excluding hydrogens is 270 g/mol. The summed E-state index contributed by atoms with van der Waals surface area (Å²) in [5, 5.41) is 3.36. The number of hydrogen-bond acceptors (Lipinski definition) is 5. The van der Waals surface area contributed by atoms with Gasteiger partial charge in [0, 0.05) is 25.5 Å². The molecule has 120 valence electrons. The summed E-state index contributed by atoms with van der Waals surface area (Å²) in [6, 6.07) is -0.00346. The minimum absolute atomic E-state index is 0.00346. The third kappa shape index (κ3) is 6.37. The van der Waals surface area contributed by atoms with E-state index in [4.69, 9.17) is 9.47 Å². The molecule has 0 aromatic carbocycles. The van der Waals surface area contributed by atoms with Crippen molar-refractivity contribution in [1.82, 2.24) is 15.3 Å². The summed E-state index contributed by atoms with van der Waals surface area (Å²) in [7, 11) is 1.66. The first kappa shape index (κ1) is 17.8. The molecule has 1 unspecified atom stereocenters. The van der Waals surface area contributed by atoms with E-state index in [1.807, 2.05) is 13.8 Å². The summed E-state index contributed by atoms with van der Waals surface area (Å²) in [5.74, 6) is 0.654. The van der Waals surface area contributed by atoms with E-state index in [9.17, 15) is 4.79 Å². The molecule has 1 atom stereocenters. The van der Waals surface area contributed by atoms with E-state index < -0.39 is 0 Å². The molecule has 6 nitrogen and oxygen atoms in total. The number of rotatable bonds is 10. The number of aryl methyl sites for hydroxylation is 2. The Kier molecular flexibility index (Phi) is 8.19. The number of aromatic amines is 1. The predicted octanol–water partition coefficient (Wildman–Crippen LogP) is 1.48. The minimum Gasteiger partial charge on any atom is -0.382 e. The van der Waals surface area contributed by atoms with Crippen LogP contribution in [0, 0.1) is 13.8 Å². The summed E-state index contributed by atoms with van der Waals surface area (Å²) in [4.78, 5) is 19.0. The monoisotopic (exact) mass is 297 g/mol. The molecule has 0 aliphatic carbocycles. The third-order valence-electron chi connectivity index (χ3n) is 3.30. The highest BCUT2D eigenvalue weighted by Gasteiger charge is 2.13. The molecule has 1 aromatic heterocycles. The van der Waals surface area contributed by atoms with Crippen LogP contribution in [0.25, 0.3) is 0 Å². The van der Waals surface area contributed by atoms with Gasteiger partial charge in [0.2, 0.25) is 0 Å². The molecule has 0 aliphatic rings. The van der Waals surface area contributed by atoms with Gasteiger partial charge < -0.3 is 19.8 Å². The zero-order valence-electron chi connectivity index (χ0n) is 13.5. The second-order valence-corrected chi connectivity index (χ2v) is 5.14. The molecule has 2 N–H and O–H groups in total. The number of ether oxygens (including phenoxy) is 2. The number of aromatic nitrogens is 2. The topological polar surface area (TPSA) is 76.2 Å². The largest absolute Gasteiger partial charge is 0.382 e. The number of nitrogens with one attached hydrogen (secondary N) is 2. The second kappa shape index (κ2) is 9.65. The number of unbranched alkanes of at least 4 members (excludes halogenated alkanes) is 1. The Labute approximate surface area is 126 Å². The maximum atomic E-state index is 12.0. The Bertz CT molecular complexity index is 474. The van der Waals surface area contributed by atoms with Crippen molar-refractivity contribution in [3.8, 4) is 0 Å². The molecule has 1 rings (SSSR count). The highest BCUT2D eigenvalue weighted by atomic mass is 16.5. The third-order valence-corrected chi connectivity index (χ3v) is 3.30. The fourth-order valence-electron chi connectivity index (χ4n) is 2.24. The lowest BCUT2D eigenvalue weighted by molar-refractivity contribution is 0.0687. The van der Waals surface area contributed by atoms with Crippen molar-refractivity contribution in [2.75, 3.05) is 33.5 Å². The van der Waals surface area contributed by atoms with Crippen LogP contribution in [0.3, 0.4) is 0 Å². The number of hydrogen-bond donors (Lipinski definition) is 2. The van der Waals surface area contributed by atoms with E-state index in [-0.39, 0.29) is 11.6 Å². The van der Waals surface area contributed by atoms with Gasteiger partial charge in [0.15, 0.2) is 0 Å². The van der Waals surface area contributed by atoms with E-state index in [0.717, 1.165) is 37.3 Å². The molecular formula is C15H27N3O3. The number of nitrogens with zero attached hydrogens (tertiary/aromatic N) is 1. The van der Waals surface area contributed by atoms with Crippen LogP contribution in [0.1, 0.15) is 42.9 Å². The molecule has 1 heterocycles. The quantitative estimate of drug-likeness (QED) is 0.640. The first-order chi connectivity index (χ1) is 10.1. The van der Waals surface area contributed by atoms with Crippen molar-refractivity contribution < 1.29 is 9.47 Å². The maximum Gasteiger partial charge on any atom is 0.255 e. The SMILES string of the molecule is COCCOCCCCNC(C)c1c(C)nc(C)[nH]c1=O. The van der Waals surface area contributed by atoms with Crippen LogP contribution in [0.5, 0.6) is 0 Å². The molecule has 0 saturated carbocycles.